The quantitative estimate of drug-likeness (QED) is 0.592. The molecular weight excluding hydrogens is 430 g/mol. The molecule has 2 rings (SSSR count). The molecule has 0 heterocycles. The van der Waals surface area contributed by atoms with Crippen LogP contribution in [0.3, 0.4) is 0 Å². The number of nitrogens with one attached hydrogen (secondary N) is 1. The second-order valence-electron chi connectivity index (χ2n) is 7.18. The average Bonchev–Trinajstić information content (AvgIpc) is 2.68. The van der Waals surface area contributed by atoms with Gasteiger partial charge >= 0.3 is 0 Å². The number of halogens is 3. The Morgan fingerprint density at radius 1 is 1.10 bits per heavy atom. The zero-order valence-electron chi connectivity index (χ0n) is 17.1. The first kappa shape index (κ1) is 24.2. The molecule has 0 saturated heterocycles. The van der Waals surface area contributed by atoms with Crippen molar-refractivity contribution in [2.24, 2.45) is 0 Å². The van der Waals surface area contributed by atoms with E-state index in [1.54, 1.807) is 25.1 Å². The third-order valence-electron chi connectivity index (χ3n) is 4.40. The Kier molecular flexibility index (Phi) is 9.11. The Labute approximate surface area is 185 Å². The summed E-state index contributed by atoms with van der Waals surface area (Å²) in [5.41, 5.74) is 1.05. The maximum atomic E-state index is 13.9. The predicted octanol–water partition coefficient (Wildman–Crippen LogP) is 4.79. The molecule has 0 unspecified atom stereocenters. The van der Waals surface area contributed by atoms with E-state index in [9.17, 15) is 18.4 Å². The summed E-state index contributed by atoms with van der Waals surface area (Å²) in [6.45, 7) is 5.49. The van der Waals surface area contributed by atoms with Crippen LogP contribution in [0.1, 0.15) is 31.9 Å². The van der Waals surface area contributed by atoms with Crippen LogP contribution in [-0.4, -0.2) is 34.6 Å². The molecule has 162 valence electrons. The van der Waals surface area contributed by atoms with Gasteiger partial charge in [0.25, 0.3) is 0 Å². The largest absolute Gasteiger partial charge is 0.352 e. The van der Waals surface area contributed by atoms with Gasteiger partial charge < -0.3 is 10.2 Å². The molecular formula is C22H25ClF2N2O2S. The van der Waals surface area contributed by atoms with Gasteiger partial charge in [-0.25, -0.2) is 8.78 Å². The SMILES string of the molecule is CC(C)NC(=O)[C@@H](C)N(Cc1ccc(F)cc1)C(=O)CSCc1c(F)cccc1Cl. The maximum Gasteiger partial charge on any atom is 0.242 e. The number of thioether (sulfide) groups is 1. The van der Waals surface area contributed by atoms with Gasteiger partial charge in [-0.3, -0.25) is 9.59 Å². The highest BCUT2D eigenvalue weighted by Gasteiger charge is 2.26. The molecule has 4 nitrogen and oxygen atoms in total. The molecule has 0 spiro atoms. The molecule has 2 aromatic carbocycles. The lowest BCUT2D eigenvalue weighted by Gasteiger charge is -2.29. The number of carbonyl (C=O) groups excluding carboxylic acids is 2. The summed E-state index contributed by atoms with van der Waals surface area (Å²) in [6, 6.07) is 9.44. The molecule has 1 N–H and O–H groups in total. The van der Waals surface area contributed by atoms with Crippen molar-refractivity contribution in [2.75, 3.05) is 5.75 Å². The highest BCUT2D eigenvalue weighted by atomic mass is 35.5. The molecule has 0 saturated carbocycles. The van der Waals surface area contributed by atoms with E-state index < -0.39 is 11.9 Å². The summed E-state index contributed by atoms with van der Waals surface area (Å²) in [7, 11) is 0. The minimum Gasteiger partial charge on any atom is -0.352 e. The van der Waals surface area contributed by atoms with Gasteiger partial charge in [0.15, 0.2) is 0 Å². The zero-order valence-corrected chi connectivity index (χ0v) is 18.7. The lowest BCUT2D eigenvalue weighted by molar-refractivity contribution is -0.138. The van der Waals surface area contributed by atoms with E-state index in [0.29, 0.717) is 16.1 Å². The smallest absolute Gasteiger partial charge is 0.242 e. The first-order valence-corrected chi connectivity index (χ1v) is 11.1. The summed E-state index contributed by atoms with van der Waals surface area (Å²) in [5.74, 6) is -1.07. The molecule has 1 atom stereocenters. The van der Waals surface area contributed by atoms with Gasteiger partial charge in [0.1, 0.15) is 17.7 Å². The first-order chi connectivity index (χ1) is 14.2. The van der Waals surface area contributed by atoms with E-state index in [2.05, 4.69) is 5.32 Å². The molecule has 2 amide bonds. The van der Waals surface area contributed by atoms with Gasteiger partial charge in [-0.05, 0) is 50.6 Å². The predicted molar refractivity (Wildman–Crippen MR) is 117 cm³/mol. The zero-order chi connectivity index (χ0) is 22.3. The topological polar surface area (TPSA) is 49.4 Å². The first-order valence-electron chi connectivity index (χ1n) is 9.54. The minimum atomic E-state index is -0.720. The minimum absolute atomic E-state index is 0.0468. The fourth-order valence-corrected chi connectivity index (χ4v) is 4.02. The van der Waals surface area contributed by atoms with Gasteiger partial charge in [0, 0.05) is 28.9 Å². The van der Waals surface area contributed by atoms with Crippen LogP contribution in [0.5, 0.6) is 0 Å². The molecule has 0 aliphatic carbocycles. The lowest BCUT2D eigenvalue weighted by Crippen LogP contribution is -2.49. The number of hydrogen-bond donors (Lipinski definition) is 1. The van der Waals surface area contributed by atoms with Crippen LogP contribution in [0.15, 0.2) is 42.5 Å². The molecule has 2 aromatic rings. The molecule has 0 aliphatic heterocycles. The van der Waals surface area contributed by atoms with Crippen LogP contribution < -0.4 is 5.32 Å². The molecule has 8 heteroatoms. The van der Waals surface area contributed by atoms with E-state index in [-0.39, 0.29) is 41.7 Å². The van der Waals surface area contributed by atoms with Crippen LogP contribution in [-0.2, 0) is 21.9 Å². The number of benzene rings is 2. The highest BCUT2D eigenvalue weighted by molar-refractivity contribution is 7.99. The van der Waals surface area contributed by atoms with E-state index in [0.717, 1.165) is 0 Å². The third-order valence-corrected chi connectivity index (χ3v) is 5.70. The Balaban J connectivity index is 2.10. The van der Waals surface area contributed by atoms with E-state index in [4.69, 9.17) is 11.6 Å². The molecule has 0 fully saturated rings. The van der Waals surface area contributed by atoms with Crippen molar-refractivity contribution >= 4 is 35.2 Å². The van der Waals surface area contributed by atoms with Crippen LogP contribution in [0.2, 0.25) is 5.02 Å². The number of rotatable bonds is 9. The van der Waals surface area contributed by atoms with Crippen molar-refractivity contribution in [1.82, 2.24) is 10.2 Å². The Morgan fingerprint density at radius 2 is 1.77 bits per heavy atom. The molecule has 30 heavy (non-hydrogen) atoms. The molecule has 0 aliphatic rings. The number of carbonyl (C=O) groups is 2. The average molecular weight is 455 g/mol. The second-order valence-corrected chi connectivity index (χ2v) is 8.57. The summed E-state index contributed by atoms with van der Waals surface area (Å²) < 4.78 is 27.1. The highest BCUT2D eigenvalue weighted by Crippen LogP contribution is 2.24. The normalized spacial score (nSPS) is 12.0. The van der Waals surface area contributed by atoms with Gasteiger partial charge in [-0.15, -0.1) is 11.8 Å². The molecule has 0 radical (unpaired) electrons. The molecule has 0 bridgehead atoms. The standard InChI is InChI=1S/C22H25ClF2N2O2S/c1-14(2)26-22(29)15(3)27(11-16-7-9-17(24)10-8-16)21(28)13-30-12-18-19(23)5-4-6-20(18)25/h4-10,14-15H,11-13H2,1-3H3,(H,26,29)/t15-/m1/s1. The number of amides is 2. The maximum absolute atomic E-state index is 13.9. The summed E-state index contributed by atoms with van der Waals surface area (Å²) >= 11 is 7.26. The van der Waals surface area contributed by atoms with Gasteiger partial charge in [-0.2, -0.15) is 0 Å². The second kappa shape index (κ2) is 11.3. The summed E-state index contributed by atoms with van der Waals surface area (Å²) in [6.07, 6.45) is 0. The van der Waals surface area contributed by atoms with Crippen LogP contribution in [0.25, 0.3) is 0 Å². The van der Waals surface area contributed by atoms with Gasteiger partial charge in [-0.1, -0.05) is 29.8 Å². The molecule has 0 aromatic heterocycles. The van der Waals surface area contributed by atoms with Crippen molar-refractivity contribution in [3.63, 3.8) is 0 Å². The van der Waals surface area contributed by atoms with Crippen LogP contribution >= 0.6 is 23.4 Å². The lowest BCUT2D eigenvalue weighted by atomic mass is 10.1. The summed E-state index contributed by atoms with van der Waals surface area (Å²) in [4.78, 5) is 26.9. The van der Waals surface area contributed by atoms with Crippen molar-refractivity contribution in [1.29, 1.82) is 0 Å². The third kappa shape index (κ3) is 6.99. The van der Waals surface area contributed by atoms with Crippen molar-refractivity contribution in [2.45, 2.75) is 45.2 Å². The summed E-state index contributed by atoms with van der Waals surface area (Å²) in [5, 5.41) is 3.11. The fourth-order valence-electron chi connectivity index (χ4n) is 2.77. The van der Waals surface area contributed by atoms with Crippen LogP contribution in [0, 0.1) is 11.6 Å². The Bertz CT molecular complexity index is 858. The number of hydrogen-bond acceptors (Lipinski definition) is 3. The van der Waals surface area contributed by atoms with Crippen molar-refractivity contribution in [3.8, 4) is 0 Å². The Hall–Kier alpha value is -2.12. The van der Waals surface area contributed by atoms with Crippen LogP contribution in [0.4, 0.5) is 8.78 Å². The number of nitrogens with zero attached hydrogens (tertiary/aromatic N) is 1. The van der Waals surface area contributed by atoms with Gasteiger partial charge in [0.05, 0.1) is 5.75 Å². The van der Waals surface area contributed by atoms with Crippen molar-refractivity contribution < 1.29 is 18.4 Å². The van der Waals surface area contributed by atoms with E-state index >= 15 is 0 Å². The van der Waals surface area contributed by atoms with Crippen molar-refractivity contribution in [3.05, 3.63) is 70.2 Å². The Morgan fingerprint density at radius 3 is 2.37 bits per heavy atom. The fraction of sp³-hybridized carbons (Fsp3) is 0.364. The van der Waals surface area contributed by atoms with E-state index in [1.807, 2.05) is 13.8 Å². The van der Waals surface area contributed by atoms with Gasteiger partial charge in [0.2, 0.25) is 11.8 Å². The van der Waals surface area contributed by atoms with E-state index in [1.165, 1.54) is 40.9 Å². The monoisotopic (exact) mass is 454 g/mol.